The van der Waals surface area contributed by atoms with E-state index in [4.69, 9.17) is 17.3 Å². The van der Waals surface area contributed by atoms with Crippen molar-refractivity contribution in [1.82, 2.24) is 15.0 Å². The third-order valence-electron chi connectivity index (χ3n) is 5.33. The monoisotopic (exact) mass is 384 g/mol. The van der Waals surface area contributed by atoms with E-state index in [-0.39, 0.29) is 5.91 Å². The molecule has 1 aliphatic rings. The van der Waals surface area contributed by atoms with Crippen LogP contribution in [0.2, 0.25) is 5.02 Å². The largest absolute Gasteiger partial charge is 0.356 e. The number of halogens is 1. The van der Waals surface area contributed by atoms with Crippen molar-refractivity contribution in [2.75, 3.05) is 29.9 Å². The van der Waals surface area contributed by atoms with Crippen LogP contribution in [0.15, 0.2) is 42.9 Å². The van der Waals surface area contributed by atoms with E-state index in [2.05, 4.69) is 25.2 Å². The Morgan fingerprint density at radius 3 is 2.67 bits per heavy atom. The Morgan fingerprint density at radius 2 is 1.96 bits per heavy atom. The van der Waals surface area contributed by atoms with E-state index in [0.717, 1.165) is 22.5 Å². The lowest BCUT2D eigenvalue weighted by Gasteiger charge is -2.40. The molecule has 1 amide bonds. The lowest BCUT2D eigenvalue weighted by Crippen LogP contribution is -2.50. The summed E-state index contributed by atoms with van der Waals surface area (Å²) in [5, 5.41) is 4.61. The summed E-state index contributed by atoms with van der Waals surface area (Å²) in [6, 6.07) is 9.08. The molecule has 7 nitrogen and oxygen atoms in total. The van der Waals surface area contributed by atoms with Crippen LogP contribution >= 0.6 is 11.6 Å². The van der Waals surface area contributed by atoms with E-state index in [1.807, 2.05) is 12.3 Å². The molecule has 0 unspecified atom stereocenters. The predicted octanol–water partition coefficient (Wildman–Crippen LogP) is 2.80. The Morgan fingerprint density at radius 1 is 1.22 bits per heavy atom. The Balaban J connectivity index is 1.49. The van der Waals surface area contributed by atoms with Gasteiger partial charge >= 0.3 is 0 Å². The highest BCUT2D eigenvalue weighted by Gasteiger charge is 2.40. The van der Waals surface area contributed by atoms with Gasteiger partial charge in [-0.15, -0.1) is 0 Å². The van der Waals surface area contributed by atoms with E-state index in [0.29, 0.717) is 37.5 Å². The molecule has 1 aliphatic heterocycles. The molecule has 3 aromatic rings. The maximum absolute atomic E-state index is 12.9. The number of piperidine rings is 1. The molecule has 140 valence electrons. The second kappa shape index (κ2) is 7.17. The van der Waals surface area contributed by atoms with Gasteiger partial charge in [-0.05, 0) is 43.2 Å². The number of nitrogens with zero attached hydrogens (tertiary/aromatic N) is 3. The van der Waals surface area contributed by atoms with E-state index in [1.165, 1.54) is 0 Å². The van der Waals surface area contributed by atoms with Gasteiger partial charge in [0.15, 0.2) is 0 Å². The molecule has 27 heavy (non-hydrogen) atoms. The van der Waals surface area contributed by atoms with E-state index < -0.39 is 5.41 Å². The first kappa shape index (κ1) is 17.8. The summed E-state index contributed by atoms with van der Waals surface area (Å²) >= 11 is 5.91. The van der Waals surface area contributed by atoms with Crippen molar-refractivity contribution in [3.63, 3.8) is 0 Å². The highest BCUT2D eigenvalue weighted by Crippen LogP contribution is 2.35. The van der Waals surface area contributed by atoms with Gasteiger partial charge in [0.25, 0.3) is 0 Å². The fourth-order valence-corrected chi connectivity index (χ4v) is 3.70. The number of fused-ring (bicyclic) bond motifs is 1. The maximum atomic E-state index is 12.9. The van der Waals surface area contributed by atoms with Crippen LogP contribution in [0, 0.1) is 5.41 Å². The molecule has 0 radical (unpaired) electrons. The van der Waals surface area contributed by atoms with Gasteiger partial charge in [-0.3, -0.25) is 4.79 Å². The molecule has 0 aliphatic carbocycles. The summed E-state index contributed by atoms with van der Waals surface area (Å²) in [5.41, 5.74) is 7.00. The zero-order chi connectivity index (χ0) is 18.9. The number of hydrogen-bond donors (Lipinski definition) is 3. The van der Waals surface area contributed by atoms with E-state index in [9.17, 15) is 4.79 Å². The highest BCUT2D eigenvalue weighted by atomic mass is 35.5. The summed E-state index contributed by atoms with van der Waals surface area (Å²) < 4.78 is 0. The van der Waals surface area contributed by atoms with Gasteiger partial charge in [0, 0.05) is 36.5 Å². The molecule has 8 heteroatoms. The fraction of sp³-hybridized carbons (Fsp3) is 0.316. The minimum absolute atomic E-state index is 0.0403. The number of aromatic amines is 1. The maximum Gasteiger partial charge on any atom is 0.232 e. The number of benzene rings is 1. The quantitative estimate of drug-likeness (QED) is 0.642. The van der Waals surface area contributed by atoms with Gasteiger partial charge in [0.2, 0.25) is 5.91 Å². The summed E-state index contributed by atoms with van der Waals surface area (Å²) in [4.78, 5) is 26.9. The first-order valence-electron chi connectivity index (χ1n) is 8.91. The molecule has 3 heterocycles. The molecule has 0 saturated carbocycles. The number of nitrogens with two attached hydrogens (primary N) is 1. The number of aromatic nitrogens is 3. The predicted molar refractivity (Wildman–Crippen MR) is 107 cm³/mol. The van der Waals surface area contributed by atoms with E-state index >= 15 is 0 Å². The molecular weight excluding hydrogens is 364 g/mol. The van der Waals surface area contributed by atoms with Crippen LogP contribution in [-0.2, 0) is 4.79 Å². The lowest BCUT2D eigenvalue weighted by atomic mass is 9.77. The SMILES string of the molecule is NCC1(C(=O)Nc2ccc(Cl)cc2)CCN(c2ncnc3[nH]ccc23)CC1. The van der Waals surface area contributed by atoms with Crippen molar-refractivity contribution in [3.05, 3.63) is 47.9 Å². The number of anilines is 2. The molecule has 1 aromatic carbocycles. The van der Waals surface area contributed by atoms with Crippen LogP contribution in [-0.4, -0.2) is 40.5 Å². The number of rotatable bonds is 4. The van der Waals surface area contributed by atoms with Crippen molar-refractivity contribution in [1.29, 1.82) is 0 Å². The number of nitrogens with one attached hydrogen (secondary N) is 2. The molecule has 0 bridgehead atoms. The lowest BCUT2D eigenvalue weighted by molar-refractivity contribution is -0.126. The number of carbonyl (C=O) groups excluding carboxylic acids is 1. The van der Waals surface area contributed by atoms with Crippen LogP contribution in [0.3, 0.4) is 0 Å². The smallest absolute Gasteiger partial charge is 0.232 e. The number of amides is 1. The normalized spacial score (nSPS) is 16.4. The molecule has 1 fully saturated rings. The third kappa shape index (κ3) is 3.36. The van der Waals surface area contributed by atoms with Crippen LogP contribution in [0.4, 0.5) is 11.5 Å². The van der Waals surface area contributed by atoms with Gasteiger partial charge in [-0.1, -0.05) is 11.6 Å². The average Bonchev–Trinajstić information content (AvgIpc) is 3.19. The zero-order valence-corrected chi connectivity index (χ0v) is 15.5. The highest BCUT2D eigenvalue weighted by molar-refractivity contribution is 6.30. The molecule has 4 rings (SSSR count). The minimum atomic E-state index is -0.583. The Bertz CT molecular complexity index is 946. The molecule has 0 atom stereocenters. The van der Waals surface area contributed by atoms with Gasteiger partial charge < -0.3 is 20.9 Å². The summed E-state index contributed by atoms with van der Waals surface area (Å²) in [6.07, 6.45) is 4.75. The van der Waals surface area contributed by atoms with Crippen molar-refractivity contribution < 1.29 is 4.79 Å². The first-order valence-corrected chi connectivity index (χ1v) is 9.29. The second-order valence-corrected chi connectivity index (χ2v) is 7.31. The van der Waals surface area contributed by atoms with Gasteiger partial charge in [-0.25, -0.2) is 9.97 Å². The van der Waals surface area contributed by atoms with Crippen LogP contribution in [0.1, 0.15) is 12.8 Å². The molecule has 2 aromatic heterocycles. The number of carbonyl (C=O) groups is 1. The van der Waals surface area contributed by atoms with Crippen molar-refractivity contribution in [3.8, 4) is 0 Å². The fourth-order valence-electron chi connectivity index (χ4n) is 3.58. The molecular formula is C19H21ClN6O. The topological polar surface area (TPSA) is 99.9 Å². The van der Waals surface area contributed by atoms with Crippen molar-refractivity contribution >= 4 is 40.0 Å². The zero-order valence-electron chi connectivity index (χ0n) is 14.8. The third-order valence-corrected chi connectivity index (χ3v) is 5.58. The van der Waals surface area contributed by atoms with Gasteiger partial charge in [0.05, 0.1) is 10.8 Å². The van der Waals surface area contributed by atoms with Gasteiger partial charge in [-0.2, -0.15) is 0 Å². The van der Waals surface area contributed by atoms with Crippen LogP contribution in [0.25, 0.3) is 11.0 Å². The van der Waals surface area contributed by atoms with Crippen molar-refractivity contribution in [2.24, 2.45) is 11.1 Å². The van der Waals surface area contributed by atoms with Crippen LogP contribution < -0.4 is 16.0 Å². The average molecular weight is 385 g/mol. The molecule has 0 spiro atoms. The summed E-state index contributed by atoms with van der Waals surface area (Å²) in [6.45, 7) is 1.73. The summed E-state index contributed by atoms with van der Waals surface area (Å²) in [5.74, 6) is 0.853. The standard InChI is InChI=1S/C19H21ClN6O/c20-13-1-3-14(4-2-13)25-18(27)19(11-21)6-9-26(10-7-19)17-15-5-8-22-16(15)23-12-24-17/h1-5,8,12H,6-7,9-11,21H2,(H,25,27)(H,22,23,24). The Labute approximate surface area is 161 Å². The summed E-state index contributed by atoms with van der Waals surface area (Å²) in [7, 11) is 0. The number of hydrogen-bond acceptors (Lipinski definition) is 5. The van der Waals surface area contributed by atoms with Crippen molar-refractivity contribution in [2.45, 2.75) is 12.8 Å². The van der Waals surface area contributed by atoms with Gasteiger partial charge in [0.1, 0.15) is 17.8 Å². The van der Waals surface area contributed by atoms with Crippen LogP contribution in [0.5, 0.6) is 0 Å². The van der Waals surface area contributed by atoms with E-state index in [1.54, 1.807) is 30.6 Å². The number of H-pyrrole nitrogens is 1. The Hall–Kier alpha value is -2.64. The second-order valence-electron chi connectivity index (χ2n) is 6.87. The first-order chi connectivity index (χ1) is 13.1. The Kier molecular flexibility index (Phi) is 4.72. The molecule has 1 saturated heterocycles. The minimum Gasteiger partial charge on any atom is -0.356 e. The molecule has 4 N–H and O–H groups in total.